The lowest BCUT2D eigenvalue weighted by Crippen LogP contribution is -2.45. The van der Waals surface area contributed by atoms with E-state index in [2.05, 4.69) is 15.6 Å². The lowest BCUT2D eigenvalue weighted by Gasteiger charge is -2.22. The van der Waals surface area contributed by atoms with Crippen LogP contribution in [0.1, 0.15) is 26.4 Å². The van der Waals surface area contributed by atoms with Crippen LogP contribution in [0.15, 0.2) is 54.7 Å². The Labute approximate surface area is 219 Å². The number of nitrogens with one attached hydrogen (secondary N) is 3. The van der Waals surface area contributed by atoms with Gasteiger partial charge in [-0.1, -0.05) is 6.07 Å². The molecule has 0 unspecified atom stereocenters. The highest BCUT2D eigenvalue weighted by molar-refractivity contribution is 5.96. The second kappa shape index (κ2) is 10.8. The Kier molecular flexibility index (Phi) is 7.07. The summed E-state index contributed by atoms with van der Waals surface area (Å²) in [7, 11) is 3.00. The molecular formula is C27H28N4O7. The first kappa shape index (κ1) is 25.0. The molecule has 0 aliphatic carbocycles. The molecule has 3 aromatic rings. The van der Waals surface area contributed by atoms with Crippen LogP contribution in [0, 0.1) is 0 Å². The Morgan fingerprint density at radius 2 is 1.84 bits per heavy atom. The Morgan fingerprint density at radius 1 is 1.00 bits per heavy atom. The van der Waals surface area contributed by atoms with Gasteiger partial charge in [-0.25, -0.2) is 0 Å². The number of fused-ring (bicyclic) bond motifs is 7. The van der Waals surface area contributed by atoms with Crippen molar-refractivity contribution in [3.63, 3.8) is 0 Å². The van der Waals surface area contributed by atoms with Crippen LogP contribution in [0.25, 0.3) is 0 Å². The Bertz CT molecular complexity index is 1340. The summed E-state index contributed by atoms with van der Waals surface area (Å²) < 4.78 is 22.9. The minimum Gasteiger partial charge on any atom is -0.493 e. The molecule has 2 aromatic carbocycles. The number of hydrogen-bond donors (Lipinski definition) is 3. The fraction of sp³-hybridized carbons (Fsp3) is 0.296. The highest BCUT2D eigenvalue weighted by atomic mass is 16.5. The first-order valence-corrected chi connectivity index (χ1v) is 12.1. The number of amides is 3. The maximum Gasteiger partial charge on any atom is 0.270 e. The summed E-state index contributed by atoms with van der Waals surface area (Å²) in [6, 6.07) is 13.0. The van der Waals surface area contributed by atoms with Gasteiger partial charge in [-0.05, 0) is 48.0 Å². The average Bonchev–Trinajstić information content (AvgIpc) is 3.61. The number of carbonyl (C=O) groups is 3. The highest BCUT2D eigenvalue weighted by Crippen LogP contribution is 2.32. The number of likely N-dealkylation sites (tertiary alicyclic amines) is 1. The molecule has 3 amide bonds. The van der Waals surface area contributed by atoms with Crippen LogP contribution in [0.5, 0.6) is 23.0 Å². The van der Waals surface area contributed by atoms with Crippen molar-refractivity contribution in [1.29, 1.82) is 0 Å². The monoisotopic (exact) mass is 520 g/mol. The molecule has 0 radical (unpaired) electrons. The summed E-state index contributed by atoms with van der Waals surface area (Å²) in [4.78, 5) is 43.4. The third-order valence-corrected chi connectivity index (χ3v) is 6.48. The fourth-order valence-electron chi connectivity index (χ4n) is 4.49. The lowest BCUT2D eigenvalue weighted by molar-refractivity contribution is -0.123. The summed E-state index contributed by atoms with van der Waals surface area (Å²) in [5, 5.41) is 5.80. The Morgan fingerprint density at radius 3 is 2.61 bits per heavy atom. The van der Waals surface area contributed by atoms with E-state index in [1.165, 1.54) is 20.3 Å². The molecule has 198 valence electrons. The number of H-pyrrole nitrogens is 1. The number of aromatic amines is 1. The lowest BCUT2D eigenvalue weighted by atomic mass is 10.1. The third kappa shape index (κ3) is 5.22. The molecule has 4 bridgehead atoms. The molecule has 4 heterocycles. The van der Waals surface area contributed by atoms with Crippen molar-refractivity contribution < 1.29 is 33.3 Å². The predicted molar refractivity (Wildman–Crippen MR) is 136 cm³/mol. The van der Waals surface area contributed by atoms with Gasteiger partial charge < -0.3 is 39.5 Å². The van der Waals surface area contributed by atoms with Crippen LogP contribution >= 0.6 is 0 Å². The van der Waals surface area contributed by atoms with Gasteiger partial charge in [0, 0.05) is 24.8 Å². The second-order valence-electron chi connectivity index (χ2n) is 8.95. The van der Waals surface area contributed by atoms with E-state index in [0.29, 0.717) is 28.5 Å². The number of carbonyl (C=O) groups excluding carboxylic acids is 3. The van der Waals surface area contributed by atoms with E-state index in [0.717, 1.165) is 5.56 Å². The van der Waals surface area contributed by atoms with E-state index >= 15 is 0 Å². The Balaban J connectivity index is 1.49. The van der Waals surface area contributed by atoms with E-state index in [-0.39, 0.29) is 49.7 Å². The number of hydrogen-bond acceptors (Lipinski definition) is 7. The number of aromatic nitrogens is 1. The molecule has 3 aliphatic heterocycles. The van der Waals surface area contributed by atoms with Crippen molar-refractivity contribution in [1.82, 2.24) is 20.5 Å². The normalized spacial score (nSPS) is 19.4. The first-order chi connectivity index (χ1) is 18.4. The van der Waals surface area contributed by atoms with Crippen LogP contribution in [0.2, 0.25) is 0 Å². The van der Waals surface area contributed by atoms with Gasteiger partial charge in [-0.3, -0.25) is 14.4 Å². The zero-order chi connectivity index (χ0) is 26.6. The number of benzene rings is 2. The van der Waals surface area contributed by atoms with Gasteiger partial charge in [0.25, 0.3) is 17.7 Å². The van der Waals surface area contributed by atoms with Crippen molar-refractivity contribution in [3.05, 3.63) is 71.5 Å². The van der Waals surface area contributed by atoms with Crippen LogP contribution in [0.3, 0.4) is 0 Å². The van der Waals surface area contributed by atoms with Crippen LogP contribution in [-0.4, -0.2) is 73.7 Å². The quantitative estimate of drug-likeness (QED) is 0.480. The number of methoxy groups -OCH3 is 2. The maximum atomic E-state index is 13.3. The minimum atomic E-state index is -0.554. The van der Waals surface area contributed by atoms with Gasteiger partial charge in [0.1, 0.15) is 11.8 Å². The van der Waals surface area contributed by atoms with Crippen molar-refractivity contribution in [2.75, 3.05) is 33.9 Å². The average molecular weight is 521 g/mol. The molecule has 6 rings (SSSR count). The predicted octanol–water partition coefficient (Wildman–Crippen LogP) is 1.74. The van der Waals surface area contributed by atoms with Gasteiger partial charge in [-0.15, -0.1) is 0 Å². The molecule has 0 saturated carbocycles. The summed E-state index contributed by atoms with van der Waals surface area (Å²) >= 11 is 0. The van der Waals surface area contributed by atoms with Gasteiger partial charge in [0.15, 0.2) is 29.6 Å². The molecule has 1 saturated heterocycles. The molecule has 11 heteroatoms. The summed E-state index contributed by atoms with van der Waals surface area (Å²) in [6.45, 7) is 0.480. The Hall–Kier alpha value is -4.67. The van der Waals surface area contributed by atoms with Gasteiger partial charge >= 0.3 is 0 Å². The van der Waals surface area contributed by atoms with Crippen molar-refractivity contribution in [3.8, 4) is 23.0 Å². The van der Waals surface area contributed by atoms with Crippen molar-refractivity contribution >= 4 is 17.7 Å². The molecule has 1 aromatic heterocycles. The number of rotatable bonds is 3. The topological polar surface area (TPSA) is 131 Å². The fourth-order valence-corrected chi connectivity index (χ4v) is 4.49. The molecule has 38 heavy (non-hydrogen) atoms. The number of nitrogens with zero attached hydrogens (tertiary/aromatic N) is 1. The largest absolute Gasteiger partial charge is 0.493 e. The summed E-state index contributed by atoms with van der Waals surface area (Å²) in [5.41, 5.74) is 1.55. The minimum absolute atomic E-state index is 0.194. The zero-order valence-electron chi connectivity index (χ0n) is 21.0. The van der Waals surface area contributed by atoms with Gasteiger partial charge in [-0.2, -0.15) is 0 Å². The van der Waals surface area contributed by atoms with Crippen LogP contribution in [0.4, 0.5) is 0 Å². The zero-order valence-corrected chi connectivity index (χ0v) is 21.0. The standard InChI is InChI=1S/C27H28N4O7/c1-35-20-8-6-17-11-23(20)37-15-25(32)29-12-16-5-7-21(22(10-16)36-2)38-24-14-31(13-19(24)30-26(17)33)27(34)18-4-3-9-28-18/h3-11,19,24,28H,12-15H2,1-2H3,(H,29,32)(H,30,33)/t19-,24-/m0/s1. The van der Waals surface area contributed by atoms with Crippen molar-refractivity contribution in [2.45, 2.75) is 18.7 Å². The molecule has 3 N–H and O–H groups in total. The third-order valence-electron chi connectivity index (χ3n) is 6.48. The van der Waals surface area contributed by atoms with Crippen LogP contribution in [-0.2, 0) is 11.3 Å². The van der Waals surface area contributed by atoms with E-state index in [9.17, 15) is 14.4 Å². The molecule has 2 atom stereocenters. The van der Waals surface area contributed by atoms with Crippen molar-refractivity contribution in [2.24, 2.45) is 0 Å². The molecule has 0 spiro atoms. The maximum absolute atomic E-state index is 13.3. The first-order valence-electron chi connectivity index (χ1n) is 12.1. The molecule has 1 fully saturated rings. The molecular weight excluding hydrogens is 492 g/mol. The van der Waals surface area contributed by atoms with E-state index in [1.54, 1.807) is 47.5 Å². The summed E-state index contributed by atoms with van der Waals surface area (Å²) in [6.07, 6.45) is 1.13. The molecule has 11 nitrogen and oxygen atoms in total. The van der Waals surface area contributed by atoms with Gasteiger partial charge in [0.05, 0.1) is 26.8 Å². The molecule has 3 aliphatic rings. The second-order valence-corrected chi connectivity index (χ2v) is 8.95. The number of ether oxygens (including phenoxy) is 4. The smallest absolute Gasteiger partial charge is 0.270 e. The summed E-state index contributed by atoms with van der Waals surface area (Å²) in [5.74, 6) is 0.646. The SMILES string of the molecule is COc1ccc2cc1OCC(=O)NCc1ccc(c(OC)c1)O[C@H]1CN(C(=O)c3ccc[nH]3)C[C@@H]1NC2=O. The van der Waals surface area contributed by atoms with E-state index in [1.807, 2.05) is 6.07 Å². The van der Waals surface area contributed by atoms with Gasteiger partial charge in [0.2, 0.25) is 0 Å². The highest BCUT2D eigenvalue weighted by Gasteiger charge is 2.39. The van der Waals surface area contributed by atoms with E-state index in [4.69, 9.17) is 18.9 Å². The van der Waals surface area contributed by atoms with Crippen LogP contribution < -0.4 is 29.6 Å². The van der Waals surface area contributed by atoms with E-state index < -0.39 is 12.1 Å².